The van der Waals surface area contributed by atoms with Crippen LogP contribution in [0.4, 0.5) is 9.59 Å². The van der Waals surface area contributed by atoms with Crippen molar-refractivity contribution in [2.24, 2.45) is 5.92 Å². The van der Waals surface area contributed by atoms with Gasteiger partial charge in [-0.15, -0.1) is 0 Å². The number of hydrogen-bond acceptors (Lipinski definition) is 5. The van der Waals surface area contributed by atoms with Crippen molar-refractivity contribution in [3.05, 3.63) is 35.9 Å². The van der Waals surface area contributed by atoms with Crippen LogP contribution >= 0.6 is 0 Å². The van der Waals surface area contributed by atoms with Gasteiger partial charge in [-0.05, 0) is 51.5 Å². The largest absolute Gasteiger partial charge is 0.445 e. The second kappa shape index (κ2) is 11.8. The number of benzene rings is 1. The molecule has 2 atom stereocenters. The molecule has 2 rings (SSSR count). The van der Waals surface area contributed by atoms with E-state index in [2.05, 4.69) is 17.7 Å². The van der Waals surface area contributed by atoms with E-state index in [4.69, 9.17) is 9.47 Å². The zero-order valence-electron chi connectivity index (χ0n) is 18.8. The normalized spacial score (nSPS) is 19.3. The number of nitrogens with zero attached hydrogens (tertiary/aromatic N) is 1. The van der Waals surface area contributed by atoms with Crippen LogP contribution in [0.2, 0.25) is 0 Å². The molecule has 1 aromatic rings. The van der Waals surface area contributed by atoms with E-state index in [1.807, 2.05) is 56.1 Å². The summed E-state index contributed by atoms with van der Waals surface area (Å²) in [7, 11) is 0. The van der Waals surface area contributed by atoms with Crippen molar-refractivity contribution in [3.8, 4) is 0 Å². The molecule has 30 heavy (non-hydrogen) atoms. The molecule has 1 aliphatic rings. The van der Waals surface area contributed by atoms with Crippen LogP contribution in [0.25, 0.3) is 0 Å². The number of hydrogen-bond donors (Lipinski definition) is 2. The number of nitrogens with one attached hydrogen (secondary N) is 2. The summed E-state index contributed by atoms with van der Waals surface area (Å²) in [6.45, 7) is 9.53. The fraction of sp³-hybridized carbons (Fsp3) is 0.652. The predicted octanol–water partition coefficient (Wildman–Crippen LogP) is 4.62. The van der Waals surface area contributed by atoms with Gasteiger partial charge in [0.2, 0.25) is 0 Å². The molecular weight excluding hydrogens is 382 g/mol. The quantitative estimate of drug-likeness (QED) is 0.571. The van der Waals surface area contributed by atoms with Crippen molar-refractivity contribution >= 4 is 12.2 Å². The molecule has 0 spiro atoms. The van der Waals surface area contributed by atoms with E-state index in [0.29, 0.717) is 18.5 Å². The highest BCUT2D eigenvalue weighted by molar-refractivity contribution is 5.67. The van der Waals surface area contributed by atoms with Crippen LogP contribution < -0.4 is 10.7 Å². The van der Waals surface area contributed by atoms with Gasteiger partial charge in [-0.3, -0.25) is 5.43 Å². The maximum atomic E-state index is 12.1. The Morgan fingerprint density at radius 1 is 1.10 bits per heavy atom. The Labute approximate surface area is 180 Å². The minimum atomic E-state index is -0.500. The lowest BCUT2D eigenvalue weighted by atomic mass is 10.0. The molecule has 1 saturated heterocycles. The fourth-order valence-electron chi connectivity index (χ4n) is 3.63. The molecule has 7 nitrogen and oxygen atoms in total. The van der Waals surface area contributed by atoms with E-state index in [-0.39, 0.29) is 18.8 Å². The van der Waals surface area contributed by atoms with E-state index in [0.717, 1.165) is 44.2 Å². The lowest BCUT2D eigenvalue weighted by Crippen LogP contribution is -2.47. The molecule has 1 fully saturated rings. The summed E-state index contributed by atoms with van der Waals surface area (Å²) in [5.74, 6) is 0.547. The second-order valence-electron chi connectivity index (χ2n) is 9.10. The van der Waals surface area contributed by atoms with Crippen LogP contribution in [0, 0.1) is 5.92 Å². The zero-order chi connectivity index (χ0) is 22.0. The van der Waals surface area contributed by atoms with Gasteiger partial charge in [0.1, 0.15) is 12.2 Å². The third-order valence-corrected chi connectivity index (χ3v) is 4.95. The average molecular weight is 420 g/mol. The van der Waals surface area contributed by atoms with E-state index in [1.54, 1.807) is 0 Å². The highest BCUT2D eigenvalue weighted by Crippen LogP contribution is 2.25. The monoisotopic (exact) mass is 419 g/mol. The smallest absolute Gasteiger partial charge is 0.422 e. The topological polar surface area (TPSA) is 79.9 Å². The van der Waals surface area contributed by atoms with Crippen molar-refractivity contribution < 1.29 is 19.1 Å². The highest BCUT2D eigenvalue weighted by atomic mass is 16.6. The Bertz CT molecular complexity index is 660. The van der Waals surface area contributed by atoms with Crippen molar-refractivity contribution in [2.45, 2.75) is 78.0 Å². The first-order chi connectivity index (χ1) is 14.2. The number of rotatable bonds is 9. The van der Waals surface area contributed by atoms with Gasteiger partial charge >= 0.3 is 12.2 Å². The molecular formula is C23H37N3O4. The Balaban J connectivity index is 1.57. The highest BCUT2D eigenvalue weighted by Gasteiger charge is 2.31. The van der Waals surface area contributed by atoms with Crippen LogP contribution in [0.15, 0.2) is 30.3 Å². The zero-order valence-corrected chi connectivity index (χ0v) is 18.8. The number of carbonyl (C=O) groups is 2. The first-order valence-electron chi connectivity index (χ1n) is 10.9. The number of amides is 2. The van der Waals surface area contributed by atoms with Gasteiger partial charge in [-0.1, -0.05) is 50.1 Å². The van der Waals surface area contributed by atoms with E-state index in [9.17, 15) is 9.59 Å². The molecule has 0 radical (unpaired) electrons. The molecule has 0 saturated carbocycles. The summed E-state index contributed by atoms with van der Waals surface area (Å²) in [6.07, 6.45) is 4.28. The molecule has 1 unspecified atom stereocenters. The molecule has 2 amide bonds. The number of alkyl carbamates (subject to hydrolysis) is 1. The third kappa shape index (κ3) is 9.48. The number of ether oxygens (including phenoxy) is 2. The van der Waals surface area contributed by atoms with Crippen molar-refractivity contribution in [2.75, 3.05) is 13.1 Å². The predicted molar refractivity (Wildman–Crippen MR) is 117 cm³/mol. The molecule has 0 aliphatic carbocycles. The van der Waals surface area contributed by atoms with Gasteiger partial charge in [0, 0.05) is 19.1 Å². The number of carbonyl (C=O) groups excluding carboxylic acids is 2. The lowest BCUT2D eigenvalue weighted by molar-refractivity contribution is 0.0296. The van der Waals surface area contributed by atoms with Crippen LogP contribution in [0.3, 0.4) is 0 Å². The summed E-state index contributed by atoms with van der Waals surface area (Å²) in [6, 6.07) is 9.97. The Kier molecular flexibility index (Phi) is 9.43. The van der Waals surface area contributed by atoms with Gasteiger partial charge in [-0.25, -0.2) is 14.6 Å². The lowest BCUT2D eigenvalue weighted by Gasteiger charge is -2.27. The molecule has 7 heteroatoms. The van der Waals surface area contributed by atoms with E-state index in [1.165, 1.54) is 0 Å². The molecule has 168 valence electrons. The second-order valence-corrected chi connectivity index (χ2v) is 9.10. The van der Waals surface area contributed by atoms with Gasteiger partial charge in [0.05, 0.1) is 0 Å². The Morgan fingerprint density at radius 2 is 1.83 bits per heavy atom. The van der Waals surface area contributed by atoms with Gasteiger partial charge in [-0.2, -0.15) is 0 Å². The Morgan fingerprint density at radius 3 is 2.53 bits per heavy atom. The first-order valence-corrected chi connectivity index (χ1v) is 10.9. The summed E-state index contributed by atoms with van der Waals surface area (Å²) >= 11 is 0. The molecule has 1 heterocycles. The van der Waals surface area contributed by atoms with Crippen molar-refractivity contribution in [1.29, 1.82) is 0 Å². The first kappa shape index (κ1) is 24.0. The van der Waals surface area contributed by atoms with E-state index < -0.39 is 5.60 Å². The maximum Gasteiger partial charge on any atom is 0.422 e. The minimum Gasteiger partial charge on any atom is -0.445 e. The fourth-order valence-corrected chi connectivity index (χ4v) is 3.63. The molecule has 1 aliphatic heterocycles. The average Bonchev–Trinajstić information content (AvgIpc) is 3.01. The van der Waals surface area contributed by atoms with Gasteiger partial charge in [0.15, 0.2) is 0 Å². The van der Waals surface area contributed by atoms with Crippen LogP contribution in [-0.2, 0) is 16.1 Å². The van der Waals surface area contributed by atoms with Crippen LogP contribution in [0.5, 0.6) is 0 Å². The number of hydrazine groups is 1. The molecule has 0 bridgehead atoms. The third-order valence-electron chi connectivity index (χ3n) is 4.95. The summed E-state index contributed by atoms with van der Waals surface area (Å²) in [5, 5.41) is 4.83. The summed E-state index contributed by atoms with van der Waals surface area (Å²) < 4.78 is 10.6. The van der Waals surface area contributed by atoms with E-state index >= 15 is 0 Å². The number of unbranched alkanes of at least 4 members (excludes halogenated alkanes) is 2. The van der Waals surface area contributed by atoms with Gasteiger partial charge in [0.25, 0.3) is 0 Å². The molecule has 0 aromatic heterocycles. The van der Waals surface area contributed by atoms with Crippen molar-refractivity contribution in [1.82, 2.24) is 15.8 Å². The SMILES string of the molecule is CC1C[C@H](CCCCCNC(=O)OCc2ccccc2)N(NC(=O)OC(C)(C)C)C1. The summed E-state index contributed by atoms with van der Waals surface area (Å²) in [4.78, 5) is 23.8. The standard InChI is InChI=1S/C23H37N3O4/c1-18-15-20(26(16-18)25-22(28)30-23(2,3)4)13-9-6-10-14-24-21(27)29-17-19-11-7-5-8-12-19/h5,7-8,11-12,18,20H,6,9-10,13-17H2,1-4H3,(H,24,27)(H,25,28)/t18?,20-/m0/s1. The molecule has 2 N–H and O–H groups in total. The Hall–Kier alpha value is -2.28. The van der Waals surface area contributed by atoms with Crippen molar-refractivity contribution in [3.63, 3.8) is 0 Å². The van der Waals surface area contributed by atoms with Crippen LogP contribution in [-0.4, -0.2) is 41.9 Å². The molecule has 1 aromatic carbocycles. The summed E-state index contributed by atoms with van der Waals surface area (Å²) in [5.41, 5.74) is 3.38. The minimum absolute atomic E-state index is 0.285. The van der Waals surface area contributed by atoms with Crippen LogP contribution in [0.1, 0.15) is 65.4 Å². The van der Waals surface area contributed by atoms with Gasteiger partial charge < -0.3 is 14.8 Å². The maximum absolute atomic E-state index is 12.1.